The van der Waals surface area contributed by atoms with Gasteiger partial charge in [-0.2, -0.15) is 4.98 Å². The molecule has 0 saturated carbocycles. The van der Waals surface area contributed by atoms with Crippen molar-refractivity contribution in [3.63, 3.8) is 0 Å². The maximum atomic E-state index is 13.0. The van der Waals surface area contributed by atoms with Crippen LogP contribution in [-0.4, -0.2) is 45.6 Å². The van der Waals surface area contributed by atoms with Crippen molar-refractivity contribution in [1.29, 1.82) is 0 Å². The molecule has 0 bridgehead atoms. The largest absolute Gasteiger partial charge is 0.480 e. The summed E-state index contributed by atoms with van der Waals surface area (Å²) in [7, 11) is 2.87. The van der Waals surface area contributed by atoms with Gasteiger partial charge in [0.1, 0.15) is 5.65 Å². The van der Waals surface area contributed by atoms with Crippen molar-refractivity contribution < 1.29 is 19.1 Å². The zero-order valence-corrected chi connectivity index (χ0v) is 19.4. The second-order valence-corrected chi connectivity index (χ2v) is 8.64. The summed E-state index contributed by atoms with van der Waals surface area (Å²) in [6, 6.07) is 7.98. The molecule has 4 aromatic heterocycles. The number of aromatic nitrogens is 4. The number of hydrogen-bond acceptors (Lipinski definition) is 8. The van der Waals surface area contributed by atoms with Gasteiger partial charge in [-0.05, 0) is 36.4 Å². The number of amides is 2. The van der Waals surface area contributed by atoms with Gasteiger partial charge in [0.2, 0.25) is 5.88 Å². The Morgan fingerprint density at radius 3 is 2.59 bits per heavy atom. The molecule has 5 heterocycles. The van der Waals surface area contributed by atoms with E-state index >= 15 is 0 Å². The van der Waals surface area contributed by atoms with Crippen LogP contribution in [-0.2, 0) is 22.6 Å². The van der Waals surface area contributed by atoms with E-state index in [2.05, 4.69) is 31.7 Å². The number of aryl methyl sites for hydroxylation is 2. The predicted octanol–water partition coefficient (Wildman–Crippen LogP) is 3.11. The Labute approximate surface area is 199 Å². The highest BCUT2D eigenvalue weighted by Crippen LogP contribution is 2.38. The molecule has 34 heavy (non-hydrogen) atoms. The van der Waals surface area contributed by atoms with Gasteiger partial charge in [-0.1, -0.05) is 6.07 Å². The average molecular weight is 476 g/mol. The summed E-state index contributed by atoms with van der Waals surface area (Å²) < 4.78 is 12.5. The first-order valence-corrected chi connectivity index (χ1v) is 11.5. The number of nitrogens with one attached hydrogen (secondary N) is 1. The van der Waals surface area contributed by atoms with Gasteiger partial charge in [-0.15, -0.1) is 11.3 Å². The second kappa shape index (κ2) is 9.06. The van der Waals surface area contributed by atoms with E-state index in [4.69, 9.17) is 9.47 Å². The Morgan fingerprint density at radius 1 is 1.03 bits per heavy atom. The van der Waals surface area contributed by atoms with Gasteiger partial charge < -0.3 is 14.0 Å². The van der Waals surface area contributed by atoms with Crippen LogP contribution in [0.3, 0.4) is 0 Å². The van der Waals surface area contributed by atoms with Gasteiger partial charge in [0.05, 0.1) is 30.9 Å². The predicted molar refractivity (Wildman–Crippen MR) is 127 cm³/mol. The van der Waals surface area contributed by atoms with Crippen molar-refractivity contribution in [1.82, 2.24) is 24.8 Å². The fourth-order valence-corrected chi connectivity index (χ4v) is 4.87. The summed E-state index contributed by atoms with van der Waals surface area (Å²) in [5, 5.41) is 5.26. The van der Waals surface area contributed by atoms with Crippen LogP contribution < -0.4 is 14.8 Å². The molecule has 1 aliphatic heterocycles. The Kier molecular flexibility index (Phi) is 5.81. The molecule has 0 aromatic carbocycles. The van der Waals surface area contributed by atoms with Crippen LogP contribution >= 0.6 is 11.3 Å². The zero-order valence-electron chi connectivity index (χ0n) is 18.6. The highest BCUT2D eigenvalue weighted by molar-refractivity contribution is 7.09. The number of nitrogens with zero attached hydrogens (tertiary/aromatic N) is 4. The number of pyridine rings is 1. The second-order valence-electron chi connectivity index (χ2n) is 7.61. The lowest BCUT2D eigenvalue weighted by atomic mass is 9.97. The smallest absolute Gasteiger partial charge is 0.319 e. The van der Waals surface area contributed by atoms with E-state index in [1.54, 1.807) is 17.5 Å². The Morgan fingerprint density at radius 2 is 1.85 bits per heavy atom. The molecule has 10 heteroatoms. The topological polar surface area (TPSA) is 108 Å². The standard InChI is InChI=1S/C24H21N5O4S/c1-32-23-16(12-26-24(28-23)33-2)18-19(22(31)27-21(18)30)17-13-29(20-15(17)8-3-9-25-20)10-4-6-14-7-5-11-34-14/h3,5,7-9,11-13H,4,6,10H2,1-2H3,(H,27,30,31). The number of methoxy groups -OCH3 is 2. The quantitative estimate of drug-likeness (QED) is 0.390. The monoisotopic (exact) mass is 475 g/mol. The van der Waals surface area contributed by atoms with Crippen molar-refractivity contribution in [2.75, 3.05) is 14.2 Å². The van der Waals surface area contributed by atoms with E-state index in [0.29, 0.717) is 11.1 Å². The number of ether oxygens (including phenoxy) is 2. The van der Waals surface area contributed by atoms with Crippen LogP contribution in [0.15, 0.2) is 48.2 Å². The first-order chi connectivity index (χ1) is 16.6. The number of imide groups is 1. The molecule has 0 saturated heterocycles. The number of rotatable bonds is 8. The third-order valence-corrected chi connectivity index (χ3v) is 6.55. The molecule has 4 aromatic rings. The van der Waals surface area contributed by atoms with Crippen molar-refractivity contribution in [2.24, 2.45) is 0 Å². The Hall–Kier alpha value is -4.05. The molecule has 172 valence electrons. The zero-order chi connectivity index (χ0) is 23.7. The van der Waals surface area contributed by atoms with Crippen LogP contribution in [0.2, 0.25) is 0 Å². The maximum absolute atomic E-state index is 13.0. The number of fused-ring (bicyclic) bond motifs is 1. The van der Waals surface area contributed by atoms with E-state index in [1.165, 1.54) is 25.3 Å². The fourth-order valence-electron chi connectivity index (χ4n) is 4.12. The number of carbonyl (C=O) groups excluding carboxylic acids is 2. The first-order valence-electron chi connectivity index (χ1n) is 10.6. The first kappa shape index (κ1) is 21.8. The normalized spacial score (nSPS) is 13.6. The molecule has 0 radical (unpaired) electrons. The van der Waals surface area contributed by atoms with Gasteiger partial charge in [-0.3, -0.25) is 14.9 Å². The lowest BCUT2D eigenvalue weighted by Crippen LogP contribution is -2.23. The van der Waals surface area contributed by atoms with Gasteiger partial charge >= 0.3 is 6.01 Å². The van der Waals surface area contributed by atoms with Crippen molar-refractivity contribution in [3.8, 4) is 11.9 Å². The van der Waals surface area contributed by atoms with Crippen molar-refractivity contribution in [2.45, 2.75) is 19.4 Å². The maximum Gasteiger partial charge on any atom is 0.319 e. The third-order valence-electron chi connectivity index (χ3n) is 5.61. The number of thiophene rings is 1. The molecule has 0 fully saturated rings. The molecule has 1 N–H and O–H groups in total. The minimum absolute atomic E-state index is 0.0963. The van der Waals surface area contributed by atoms with E-state index in [0.717, 1.165) is 30.4 Å². The summed E-state index contributed by atoms with van der Waals surface area (Å²) >= 11 is 1.74. The lowest BCUT2D eigenvalue weighted by molar-refractivity contribution is -0.122. The van der Waals surface area contributed by atoms with Gasteiger partial charge in [0, 0.05) is 41.0 Å². The van der Waals surface area contributed by atoms with Crippen LogP contribution in [0.25, 0.3) is 22.2 Å². The van der Waals surface area contributed by atoms with Crippen molar-refractivity contribution >= 4 is 45.3 Å². The van der Waals surface area contributed by atoms with Gasteiger partial charge in [-0.25, -0.2) is 9.97 Å². The fraction of sp³-hybridized carbons (Fsp3) is 0.208. The van der Waals surface area contributed by atoms with Gasteiger partial charge in [0.15, 0.2) is 0 Å². The average Bonchev–Trinajstić information content (AvgIpc) is 3.57. The molecular formula is C24H21N5O4S. The van der Waals surface area contributed by atoms with Crippen LogP contribution in [0.5, 0.6) is 11.9 Å². The summed E-state index contributed by atoms with van der Waals surface area (Å²) in [4.78, 5) is 40.0. The third kappa shape index (κ3) is 3.81. The molecular weight excluding hydrogens is 454 g/mol. The minimum atomic E-state index is -0.533. The molecule has 5 rings (SSSR count). The molecule has 0 atom stereocenters. The molecule has 1 aliphatic rings. The minimum Gasteiger partial charge on any atom is -0.480 e. The molecule has 0 spiro atoms. The van der Waals surface area contributed by atoms with Crippen molar-refractivity contribution in [3.05, 3.63) is 64.2 Å². The molecule has 0 unspecified atom stereocenters. The summed E-state index contributed by atoms with van der Waals surface area (Å²) in [5.41, 5.74) is 2.08. The SMILES string of the molecule is COc1ncc(C2=C(c3cn(CCCc4cccs4)c4ncccc34)C(=O)NC2=O)c(OC)n1. The van der Waals surface area contributed by atoms with E-state index in [1.807, 2.05) is 29.0 Å². The Bertz CT molecular complexity index is 1420. The lowest BCUT2D eigenvalue weighted by Gasteiger charge is -2.09. The summed E-state index contributed by atoms with van der Waals surface area (Å²) in [6.07, 6.45) is 6.90. The van der Waals surface area contributed by atoms with E-state index in [-0.39, 0.29) is 23.0 Å². The highest BCUT2D eigenvalue weighted by atomic mass is 32.1. The van der Waals surface area contributed by atoms with E-state index < -0.39 is 11.8 Å². The highest BCUT2D eigenvalue weighted by Gasteiger charge is 2.36. The number of carbonyl (C=O) groups is 2. The molecule has 2 amide bonds. The van der Waals surface area contributed by atoms with Crippen LogP contribution in [0, 0.1) is 0 Å². The number of hydrogen-bond donors (Lipinski definition) is 1. The molecule has 9 nitrogen and oxygen atoms in total. The van der Waals surface area contributed by atoms with Gasteiger partial charge in [0.25, 0.3) is 11.8 Å². The Balaban J connectivity index is 1.62. The van der Waals surface area contributed by atoms with Crippen LogP contribution in [0.1, 0.15) is 22.4 Å². The summed E-state index contributed by atoms with van der Waals surface area (Å²) in [6.45, 7) is 0.721. The summed E-state index contributed by atoms with van der Waals surface area (Å²) in [5.74, 6) is -0.879. The molecule has 0 aliphatic carbocycles. The van der Waals surface area contributed by atoms with E-state index in [9.17, 15) is 9.59 Å². The van der Waals surface area contributed by atoms with Crippen LogP contribution in [0.4, 0.5) is 0 Å².